The molecule has 3 aliphatic carbocycles. The highest BCUT2D eigenvalue weighted by molar-refractivity contribution is 5.87. The number of rotatable bonds is 5. The molecule has 2 fully saturated rings. The van der Waals surface area contributed by atoms with E-state index in [0.717, 1.165) is 51.0 Å². The lowest BCUT2D eigenvalue weighted by Crippen LogP contribution is -2.42. The van der Waals surface area contributed by atoms with Crippen LogP contribution in [0.15, 0.2) is 42.6 Å². The Morgan fingerprint density at radius 1 is 1.06 bits per heavy atom. The Kier molecular flexibility index (Phi) is 5.58. The van der Waals surface area contributed by atoms with Crippen molar-refractivity contribution in [2.45, 2.75) is 70.8 Å². The molecule has 0 unspecified atom stereocenters. The van der Waals surface area contributed by atoms with Crippen LogP contribution in [0, 0.1) is 28.9 Å². The highest BCUT2D eigenvalue weighted by Crippen LogP contribution is 2.59. The highest BCUT2D eigenvalue weighted by atomic mass is 19.1. The molecule has 0 aliphatic heterocycles. The van der Waals surface area contributed by atoms with Gasteiger partial charge in [0.2, 0.25) is 0 Å². The largest absolute Gasteiger partial charge is 0.299 e. The Hall–Kier alpha value is -2.89. The van der Waals surface area contributed by atoms with Gasteiger partial charge in [-0.15, -0.1) is 5.10 Å². The fourth-order valence-electron chi connectivity index (χ4n) is 7.25. The molecule has 2 aromatic carbocycles. The van der Waals surface area contributed by atoms with Gasteiger partial charge in [-0.2, -0.15) is 0 Å². The molecule has 1 aromatic heterocycles. The number of Topliss-reactive ketones (excluding diaryl/α,β-unsaturated/α-hetero) is 1. The number of ketones is 1. The minimum absolute atomic E-state index is 0.0668. The van der Waals surface area contributed by atoms with E-state index in [-0.39, 0.29) is 5.41 Å². The van der Waals surface area contributed by atoms with E-state index in [9.17, 15) is 13.6 Å². The van der Waals surface area contributed by atoms with Crippen LogP contribution in [-0.4, -0.2) is 20.8 Å². The second-order valence-corrected chi connectivity index (χ2v) is 11.0. The zero-order chi connectivity index (χ0) is 24.2. The van der Waals surface area contributed by atoms with Gasteiger partial charge < -0.3 is 0 Å². The lowest BCUT2D eigenvalue weighted by Gasteiger charge is -2.48. The Morgan fingerprint density at radius 3 is 2.71 bits per heavy atom. The van der Waals surface area contributed by atoms with E-state index in [4.69, 9.17) is 0 Å². The van der Waals surface area contributed by atoms with Gasteiger partial charge >= 0.3 is 0 Å². The molecule has 0 N–H and O–H groups in total. The van der Waals surface area contributed by atoms with Crippen LogP contribution in [-0.2, 0) is 24.2 Å². The lowest BCUT2D eigenvalue weighted by molar-refractivity contribution is -0.129. The normalized spacial score (nSPS) is 27.4. The minimum Gasteiger partial charge on any atom is -0.299 e. The van der Waals surface area contributed by atoms with Crippen LogP contribution in [0.2, 0.25) is 0 Å². The number of carbonyl (C=O) groups is 1. The van der Waals surface area contributed by atoms with Gasteiger partial charge in [0.05, 0.1) is 6.20 Å². The van der Waals surface area contributed by atoms with Gasteiger partial charge in [0.1, 0.15) is 23.1 Å². The van der Waals surface area contributed by atoms with E-state index in [1.807, 2.05) is 0 Å². The molecule has 4 atom stereocenters. The first-order chi connectivity index (χ1) is 16.9. The summed E-state index contributed by atoms with van der Waals surface area (Å²) in [5.74, 6) is 1.10. The summed E-state index contributed by atoms with van der Waals surface area (Å²) in [5, 5.41) is 8.21. The third-order valence-electron chi connectivity index (χ3n) is 9.05. The SMILES string of the molecule is C[C@]12CC[C@@H]3c4ccc(CCCn5cc(-c6cc(F)cc(F)c6)nn5)cc4CC[C@H]3[C@@H]1CCC2=O. The molecule has 0 radical (unpaired) electrons. The quantitative estimate of drug-likeness (QED) is 0.436. The number of fused-ring (bicyclic) bond motifs is 5. The molecule has 0 amide bonds. The summed E-state index contributed by atoms with van der Waals surface area (Å²) >= 11 is 0. The van der Waals surface area contributed by atoms with Crippen molar-refractivity contribution in [3.63, 3.8) is 0 Å². The summed E-state index contributed by atoms with van der Waals surface area (Å²) < 4.78 is 28.7. The van der Waals surface area contributed by atoms with E-state index >= 15 is 0 Å². The summed E-state index contributed by atoms with van der Waals surface area (Å²) in [6.07, 6.45) is 9.96. The minimum atomic E-state index is -0.618. The first-order valence-corrected chi connectivity index (χ1v) is 12.9. The van der Waals surface area contributed by atoms with E-state index in [0.29, 0.717) is 41.3 Å². The van der Waals surface area contributed by atoms with Gasteiger partial charge in [0.25, 0.3) is 0 Å². The number of hydrogen-bond acceptors (Lipinski definition) is 3. The van der Waals surface area contributed by atoms with E-state index in [1.54, 1.807) is 10.9 Å². The van der Waals surface area contributed by atoms with Crippen molar-refractivity contribution in [3.8, 4) is 11.3 Å². The van der Waals surface area contributed by atoms with E-state index < -0.39 is 11.6 Å². The van der Waals surface area contributed by atoms with Gasteiger partial charge in [-0.25, -0.2) is 8.78 Å². The number of hydrogen-bond donors (Lipinski definition) is 0. The summed E-state index contributed by atoms with van der Waals surface area (Å²) in [4.78, 5) is 12.6. The summed E-state index contributed by atoms with van der Waals surface area (Å²) in [7, 11) is 0. The summed E-state index contributed by atoms with van der Waals surface area (Å²) in [6.45, 7) is 2.93. The van der Waals surface area contributed by atoms with Gasteiger partial charge in [0.15, 0.2) is 0 Å². The second-order valence-electron chi connectivity index (χ2n) is 11.0. The van der Waals surface area contributed by atoms with Crippen LogP contribution < -0.4 is 0 Å². The Morgan fingerprint density at radius 2 is 1.89 bits per heavy atom. The fourth-order valence-corrected chi connectivity index (χ4v) is 7.25. The van der Waals surface area contributed by atoms with Gasteiger partial charge in [-0.1, -0.05) is 30.3 Å². The van der Waals surface area contributed by atoms with Crippen LogP contribution in [0.3, 0.4) is 0 Å². The average Bonchev–Trinajstić information content (AvgIpc) is 3.43. The van der Waals surface area contributed by atoms with Crippen LogP contribution in [0.4, 0.5) is 8.78 Å². The van der Waals surface area contributed by atoms with Crippen molar-refractivity contribution in [1.82, 2.24) is 15.0 Å². The van der Waals surface area contributed by atoms with Crippen LogP contribution in [0.5, 0.6) is 0 Å². The molecule has 2 saturated carbocycles. The van der Waals surface area contributed by atoms with Crippen molar-refractivity contribution >= 4 is 5.78 Å². The number of aryl methyl sites for hydroxylation is 3. The molecule has 3 aromatic rings. The topological polar surface area (TPSA) is 47.8 Å². The predicted octanol–water partition coefficient (Wildman–Crippen LogP) is 6.28. The monoisotopic (exact) mass is 475 g/mol. The third kappa shape index (κ3) is 4.01. The molecule has 182 valence electrons. The fraction of sp³-hybridized carbons (Fsp3) is 0.483. The van der Waals surface area contributed by atoms with Crippen LogP contribution in [0.1, 0.15) is 68.1 Å². The Labute approximate surface area is 204 Å². The molecule has 3 aliphatic rings. The van der Waals surface area contributed by atoms with E-state index in [1.165, 1.54) is 35.2 Å². The Balaban J connectivity index is 1.10. The van der Waals surface area contributed by atoms with Crippen molar-refractivity contribution in [1.29, 1.82) is 0 Å². The zero-order valence-electron chi connectivity index (χ0n) is 20.1. The maximum absolute atomic E-state index is 13.5. The first kappa shape index (κ1) is 22.6. The molecule has 1 heterocycles. The van der Waals surface area contributed by atoms with Gasteiger partial charge in [0, 0.05) is 30.0 Å². The maximum Gasteiger partial charge on any atom is 0.139 e. The van der Waals surface area contributed by atoms with Crippen LogP contribution in [0.25, 0.3) is 11.3 Å². The second kappa shape index (κ2) is 8.65. The number of nitrogens with zero attached hydrogens (tertiary/aromatic N) is 3. The molecule has 0 spiro atoms. The molecule has 6 rings (SSSR count). The van der Waals surface area contributed by atoms with Gasteiger partial charge in [-0.05, 0) is 91.5 Å². The predicted molar refractivity (Wildman–Crippen MR) is 130 cm³/mol. The number of benzene rings is 2. The standard InChI is InChI=1S/C29H31F2N3O/c1-29-11-10-24-23-6-4-18(13-19(23)5-7-25(24)26(29)8-9-28(29)35)3-2-12-34-17-27(32-33-34)20-14-21(30)16-22(31)15-20/h4,6,13-17,24-26H,2-3,5,7-12H2,1H3/t24-,25-,26+,29+/m1/s1. The summed E-state index contributed by atoms with van der Waals surface area (Å²) in [6, 6.07) is 10.4. The number of halogens is 2. The van der Waals surface area contributed by atoms with Crippen molar-refractivity contribution in [3.05, 3.63) is 70.9 Å². The molecule has 6 heteroatoms. The smallest absolute Gasteiger partial charge is 0.139 e. The average molecular weight is 476 g/mol. The van der Waals surface area contributed by atoms with Crippen molar-refractivity contribution in [2.75, 3.05) is 0 Å². The van der Waals surface area contributed by atoms with E-state index in [2.05, 4.69) is 35.4 Å². The summed E-state index contributed by atoms with van der Waals surface area (Å²) in [5.41, 5.74) is 5.16. The third-order valence-corrected chi connectivity index (χ3v) is 9.05. The molecule has 35 heavy (non-hydrogen) atoms. The van der Waals surface area contributed by atoms with Crippen molar-refractivity contribution < 1.29 is 13.6 Å². The maximum atomic E-state index is 13.5. The zero-order valence-corrected chi connectivity index (χ0v) is 20.1. The van der Waals surface area contributed by atoms with Crippen molar-refractivity contribution in [2.24, 2.45) is 17.3 Å². The molecular formula is C29H31F2N3O. The van der Waals surface area contributed by atoms with Crippen LogP contribution >= 0.6 is 0 Å². The molecule has 0 bridgehead atoms. The molecular weight excluding hydrogens is 444 g/mol. The molecule has 0 saturated heterocycles. The molecule has 4 nitrogen and oxygen atoms in total. The number of aromatic nitrogens is 3. The van der Waals surface area contributed by atoms with Gasteiger partial charge in [-0.3, -0.25) is 9.48 Å². The Bertz CT molecular complexity index is 1260. The number of carbonyl (C=O) groups excluding carboxylic acids is 1. The first-order valence-electron chi connectivity index (χ1n) is 12.9. The highest BCUT2D eigenvalue weighted by Gasteiger charge is 2.54. The lowest BCUT2D eigenvalue weighted by atomic mass is 9.55.